The number of ether oxygens (including phenoxy) is 1. The zero-order valence-corrected chi connectivity index (χ0v) is 15.1. The van der Waals surface area contributed by atoms with Crippen LogP contribution < -0.4 is 0 Å². The Balaban J connectivity index is 1.57. The van der Waals surface area contributed by atoms with Gasteiger partial charge in [0.25, 0.3) is 0 Å². The summed E-state index contributed by atoms with van der Waals surface area (Å²) in [6.07, 6.45) is 2.33. The van der Waals surface area contributed by atoms with Gasteiger partial charge in [0, 0.05) is 36.6 Å². The van der Waals surface area contributed by atoms with Gasteiger partial charge >= 0.3 is 5.97 Å². The summed E-state index contributed by atoms with van der Waals surface area (Å²) in [6, 6.07) is 4.05. The lowest BCUT2D eigenvalue weighted by Gasteiger charge is -2.33. The monoisotopic (exact) mass is 357 g/mol. The molecule has 6 heteroatoms. The average Bonchev–Trinajstić information content (AvgIpc) is 3.17. The number of aliphatic carboxylic acids is 1. The molecule has 138 valence electrons. The van der Waals surface area contributed by atoms with E-state index in [1.807, 2.05) is 19.9 Å². The molecule has 3 heterocycles. The molecule has 0 saturated carbocycles. The summed E-state index contributed by atoms with van der Waals surface area (Å²) >= 11 is 0. The molecule has 2 fully saturated rings. The van der Waals surface area contributed by atoms with E-state index >= 15 is 0 Å². The molecule has 26 heavy (non-hydrogen) atoms. The van der Waals surface area contributed by atoms with Crippen LogP contribution in [0.4, 0.5) is 0 Å². The quantitative estimate of drug-likeness (QED) is 0.913. The summed E-state index contributed by atoms with van der Waals surface area (Å²) in [5, 5.41) is 10.7. The Morgan fingerprint density at radius 2 is 2.15 bits per heavy atom. The number of benzene rings is 1. The van der Waals surface area contributed by atoms with Gasteiger partial charge in [0.15, 0.2) is 0 Å². The van der Waals surface area contributed by atoms with Gasteiger partial charge in [-0.2, -0.15) is 0 Å². The SMILES string of the molecule is Cc1cc(C)c2c(CC(=O)N3C[C@@H]4COCC[C@]4(C(=O)O)C3)coc2c1. The van der Waals surface area contributed by atoms with E-state index in [0.29, 0.717) is 26.2 Å². The van der Waals surface area contributed by atoms with Crippen molar-refractivity contribution >= 4 is 22.8 Å². The standard InChI is InChI=1S/C20H23NO5/c1-12-5-13(2)18-14(9-26-16(18)6-12)7-17(22)21-8-15-10-25-4-3-20(15,11-21)19(23)24/h5-6,9,15H,3-4,7-8,10-11H2,1-2H3,(H,23,24)/t15-,20+/m1/s1. The maximum Gasteiger partial charge on any atom is 0.311 e. The zero-order valence-electron chi connectivity index (χ0n) is 15.1. The van der Waals surface area contributed by atoms with Crippen LogP contribution in [0, 0.1) is 25.2 Å². The van der Waals surface area contributed by atoms with Crippen molar-refractivity contribution in [3.63, 3.8) is 0 Å². The van der Waals surface area contributed by atoms with Gasteiger partial charge in [-0.05, 0) is 37.5 Å². The van der Waals surface area contributed by atoms with Crippen LogP contribution in [0.3, 0.4) is 0 Å². The molecule has 2 atom stereocenters. The van der Waals surface area contributed by atoms with Crippen LogP contribution in [0.2, 0.25) is 0 Å². The van der Waals surface area contributed by atoms with Gasteiger partial charge in [0.2, 0.25) is 5.91 Å². The van der Waals surface area contributed by atoms with Gasteiger partial charge < -0.3 is 19.2 Å². The minimum Gasteiger partial charge on any atom is -0.481 e. The van der Waals surface area contributed by atoms with Crippen molar-refractivity contribution in [2.45, 2.75) is 26.7 Å². The highest BCUT2D eigenvalue weighted by molar-refractivity contribution is 5.90. The second-order valence-electron chi connectivity index (χ2n) is 7.65. The van der Waals surface area contributed by atoms with Crippen LogP contribution >= 0.6 is 0 Å². The molecule has 2 aliphatic rings. The maximum absolute atomic E-state index is 12.9. The zero-order chi connectivity index (χ0) is 18.5. The number of amides is 1. The Kier molecular flexibility index (Phi) is 4.03. The smallest absolute Gasteiger partial charge is 0.311 e. The number of carbonyl (C=O) groups excluding carboxylic acids is 1. The van der Waals surface area contributed by atoms with Crippen LogP contribution in [0.15, 0.2) is 22.8 Å². The molecular weight excluding hydrogens is 334 g/mol. The number of hydrogen-bond donors (Lipinski definition) is 1. The molecule has 4 rings (SSSR count). The molecule has 1 aromatic heterocycles. The third-order valence-corrected chi connectivity index (χ3v) is 5.92. The predicted octanol–water partition coefficient (Wildman–Crippen LogP) is 2.54. The number of carboxylic acid groups (broad SMARTS) is 1. The maximum atomic E-state index is 12.9. The van der Waals surface area contributed by atoms with Gasteiger partial charge in [-0.1, -0.05) is 6.07 Å². The van der Waals surface area contributed by atoms with E-state index in [0.717, 1.165) is 27.7 Å². The molecule has 2 aliphatic heterocycles. The lowest BCUT2D eigenvalue weighted by atomic mass is 9.74. The first-order valence-electron chi connectivity index (χ1n) is 8.97. The molecule has 0 aliphatic carbocycles. The molecule has 0 spiro atoms. The van der Waals surface area contributed by atoms with E-state index < -0.39 is 11.4 Å². The molecule has 2 saturated heterocycles. The highest BCUT2D eigenvalue weighted by atomic mass is 16.5. The second-order valence-corrected chi connectivity index (χ2v) is 7.65. The number of carboxylic acids is 1. The van der Waals surface area contributed by atoms with Crippen molar-refractivity contribution in [2.24, 2.45) is 11.3 Å². The number of carbonyl (C=O) groups is 2. The topological polar surface area (TPSA) is 80.0 Å². The molecule has 2 aromatic rings. The summed E-state index contributed by atoms with van der Waals surface area (Å²) in [4.78, 5) is 26.5. The summed E-state index contributed by atoms with van der Waals surface area (Å²) in [5.74, 6) is -1.01. The Hall–Kier alpha value is -2.34. The largest absolute Gasteiger partial charge is 0.481 e. The van der Waals surface area contributed by atoms with Crippen LogP contribution in [0.25, 0.3) is 11.0 Å². The number of furan rings is 1. The van der Waals surface area contributed by atoms with E-state index in [1.54, 1.807) is 11.2 Å². The normalized spacial score (nSPS) is 25.5. The number of rotatable bonds is 3. The highest BCUT2D eigenvalue weighted by Gasteiger charge is 2.54. The molecular formula is C20H23NO5. The number of nitrogens with zero attached hydrogens (tertiary/aromatic N) is 1. The summed E-state index contributed by atoms with van der Waals surface area (Å²) in [6.45, 7) is 5.58. The van der Waals surface area contributed by atoms with Crippen LogP contribution in [-0.2, 0) is 20.7 Å². The number of hydrogen-bond acceptors (Lipinski definition) is 4. The first-order chi connectivity index (χ1) is 12.4. The van der Waals surface area contributed by atoms with Crippen molar-refractivity contribution in [1.82, 2.24) is 4.90 Å². The molecule has 6 nitrogen and oxygen atoms in total. The lowest BCUT2D eigenvalue weighted by molar-refractivity contribution is -0.157. The first-order valence-corrected chi connectivity index (χ1v) is 8.97. The fourth-order valence-corrected chi connectivity index (χ4v) is 4.52. The van der Waals surface area contributed by atoms with Crippen LogP contribution in [-0.4, -0.2) is 48.2 Å². The van der Waals surface area contributed by atoms with Gasteiger partial charge in [-0.15, -0.1) is 0 Å². The average molecular weight is 357 g/mol. The molecule has 0 unspecified atom stereocenters. The van der Waals surface area contributed by atoms with E-state index in [9.17, 15) is 14.7 Å². The predicted molar refractivity (Wildman–Crippen MR) is 95.0 cm³/mol. The molecule has 0 radical (unpaired) electrons. The summed E-state index contributed by atoms with van der Waals surface area (Å²) in [5.41, 5.74) is 2.99. The summed E-state index contributed by atoms with van der Waals surface area (Å²) in [7, 11) is 0. The second kappa shape index (κ2) is 6.13. The van der Waals surface area contributed by atoms with Gasteiger partial charge in [-0.3, -0.25) is 9.59 Å². The Morgan fingerprint density at radius 3 is 2.88 bits per heavy atom. The fourth-order valence-electron chi connectivity index (χ4n) is 4.52. The van der Waals surface area contributed by atoms with Gasteiger partial charge in [0.05, 0.1) is 24.7 Å². The van der Waals surface area contributed by atoms with Gasteiger partial charge in [-0.25, -0.2) is 0 Å². The number of aryl methyl sites for hydroxylation is 2. The van der Waals surface area contributed by atoms with Crippen molar-refractivity contribution in [2.75, 3.05) is 26.3 Å². The molecule has 1 amide bonds. The van der Waals surface area contributed by atoms with Crippen molar-refractivity contribution < 1.29 is 23.8 Å². The van der Waals surface area contributed by atoms with E-state index in [2.05, 4.69) is 6.07 Å². The van der Waals surface area contributed by atoms with Crippen molar-refractivity contribution in [1.29, 1.82) is 0 Å². The van der Waals surface area contributed by atoms with Gasteiger partial charge in [0.1, 0.15) is 5.58 Å². The lowest BCUT2D eigenvalue weighted by Crippen LogP contribution is -2.45. The summed E-state index contributed by atoms with van der Waals surface area (Å²) < 4.78 is 11.1. The molecule has 1 N–H and O–H groups in total. The molecule has 1 aromatic carbocycles. The fraction of sp³-hybridized carbons (Fsp3) is 0.500. The van der Waals surface area contributed by atoms with Crippen LogP contribution in [0.5, 0.6) is 0 Å². The van der Waals surface area contributed by atoms with E-state index in [-0.39, 0.29) is 24.8 Å². The Morgan fingerprint density at radius 1 is 1.35 bits per heavy atom. The van der Waals surface area contributed by atoms with E-state index in [4.69, 9.17) is 9.15 Å². The van der Waals surface area contributed by atoms with Crippen molar-refractivity contribution in [3.8, 4) is 0 Å². The Bertz CT molecular complexity index is 886. The minimum absolute atomic E-state index is 0.0531. The highest BCUT2D eigenvalue weighted by Crippen LogP contribution is 2.42. The third kappa shape index (κ3) is 2.60. The third-order valence-electron chi connectivity index (χ3n) is 5.92. The number of fused-ring (bicyclic) bond motifs is 2. The molecule has 0 bridgehead atoms. The first kappa shape index (κ1) is 17.1. The van der Waals surface area contributed by atoms with Crippen molar-refractivity contribution in [3.05, 3.63) is 35.1 Å². The van der Waals surface area contributed by atoms with E-state index in [1.165, 1.54) is 0 Å². The Labute approximate surface area is 151 Å². The number of likely N-dealkylation sites (tertiary alicyclic amines) is 1. The van der Waals surface area contributed by atoms with Crippen LogP contribution in [0.1, 0.15) is 23.1 Å². The minimum atomic E-state index is -0.862.